The Bertz CT molecular complexity index is 192. The predicted molar refractivity (Wildman–Crippen MR) is 56.5 cm³/mol. The number of hydrogen-bond acceptors (Lipinski definition) is 3. The number of carbonyl (C=O) groups is 1. The summed E-state index contributed by atoms with van der Waals surface area (Å²) >= 11 is 0. The van der Waals surface area contributed by atoms with Crippen molar-refractivity contribution >= 4 is 5.91 Å². The number of rotatable bonds is 7. The second-order valence-corrected chi connectivity index (χ2v) is 4.33. The van der Waals surface area contributed by atoms with E-state index in [1.807, 2.05) is 0 Å². The van der Waals surface area contributed by atoms with Gasteiger partial charge in [-0.2, -0.15) is 0 Å². The zero-order valence-corrected chi connectivity index (χ0v) is 8.83. The zero-order valence-electron chi connectivity index (χ0n) is 8.83. The molecule has 0 saturated heterocycles. The maximum atomic E-state index is 10.7. The Balaban J connectivity index is 2.15. The van der Waals surface area contributed by atoms with Gasteiger partial charge in [-0.25, -0.2) is 0 Å². The molecule has 1 aliphatic carbocycles. The molecule has 0 bridgehead atoms. The van der Waals surface area contributed by atoms with Gasteiger partial charge in [0.1, 0.15) is 0 Å². The van der Waals surface area contributed by atoms with E-state index in [1.54, 1.807) is 0 Å². The van der Waals surface area contributed by atoms with Gasteiger partial charge in [0.25, 0.3) is 0 Å². The van der Waals surface area contributed by atoms with Crippen LogP contribution in [0.4, 0.5) is 0 Å². The summed E-state index contributed by atoms with van der Waals surface area (Å²) in [5.74, 6) is 1.29. The lowest BCUT2D eigenvalue weighted by atomic mass is 10.1. The lowest BCUT2D eigenvalue weighted by Crippen LogP contribution is -2.41. The van der Waals surface area contributed by atoms with Crippen molar-refractivity contribution in [3.05, 3.63) is 0 Å². The van der Waals surface area contributed by atoms with E-state index in [0.29, 0.717) is 18.9 Å². The van der Waals surface area contributed by atoms with Crippen molar-refractivity contribution in [1.29, 1.82) is 0 Å². The molecule has 1 aliphatic rings. The second-order valence-electron chi connectivity index (χ2n) is 4.33. The van der Waals surface area contributed by atoms with Gasteiger partial charge in [-0.1, -0.05) is 6.92 Å². The molecule has 0 aromatic rings. The molecule has 2 unspecified atom stereocenters. The quantitative estimate of drug-likeness (QED) is 0.532. The van der Waals surface area contributed by atoms with Crippen molar-refractivity contribution in [2.45, 2.75) is 32.2 Å². The van der Waals surface area contributed by atoms with Crippen LogP contribution in [0.1, 0.15) is 26.2 Å². The molecular formula is C10H21N3O. The number of primary amides is 1. The predicted octanol–water partition coefficient (Wildman–Crippen LogP) is -0.175. The minimum atomic E-state index is -0.285. The first-order valence-electron chi connectivity index (χ1n) is 5.35. The maximum Gasteiger partial charge on any atom is 0.219 e. The highest BCUT2D eigenvalue weighted by Crippen LogP contribution is 2.36. The standard InChI is InChI=1S/C10H21N3O/c1-7(8-2-3-8)6-13-9(5-11)4-10(12)14/h7-9,13H,2-6,11H2,1H3,(H2,12,14). The van der Waals surface area contributed by atoms with Crippen molar-refractivity contribution in [3.8, 4) is 0 Å². The van der Waals surface area contributed by atoms with E-state index in [4.69, 9.17) is 11.5 Å². The molecular weight excluding hydrogens is 178 g/mol. The van der Waals surface area contributed by atoms with Crippen LogP contribution in [-0.4, -0.2) is 25.0 Å². The van der Waals surface area contributed by atoms with Crippen molar-refractivity contribution in [2.24, 2.45) is 23.3 Å². The summed E-state index contributed by atoms with van der Waals surface area (Å²) in [5.41, 5.74) is 10.6. The van der Waals surface area contributed by atoms with Crippen LogP contribution in [0.5, 0.6) is 0 Å². The molecule has 0 radical (unpaired) electrons. The average Bonchev–Trinajstić information content (AvgIpc) is 2.93. The van der Waals surface area contributed by atoms with Gasteiger partial charge in [0.05, 0.1) is 0 Å². The van der Waals surface area contributed by atoms with Gasteiger partial charge < -0.3 is 16.8 Å². The van der Waals surface area contributed by atoms with Gasteiger partial charge in [0.15, 0.2) is 0 Å². The SMILES string of the molecule is CC(CNC(CN)CC(N)=O)C1CC1. The summed E-state index contributed by atoms with van der Waals surface area (Å²) in [6.07, 6.45) is 3.05. The first-order valence-corrected chi connectivity index (χ1v) is 5.35. The van der Waals surface area contributed by atoms with Crippen molar-refractivity contribution in [2.75, 3.05) is 13.1 Å². The molecule has 2 atom stereocenters. The molecule has 14 heavy (non-hydrogen) atoms. The summed E-state index contributed by atoms with van der Waals surface area (Å²) in [6, 6.07) is 0.0497. The van der Waals surface area contributed by atoms with Crippen LogP contribution in [0.2, 0.25) is 0 Å². The monoisotopic (exact) mass is 199 g/mol. The zero-order chi connectivity index (χ0) is 10.6. The number of nitrogens with two attached hydrogens (primary N) is 2. The fourth-order valence-corrected chi connectivity index (χ4v) is 1.67. The highest BCUT2D eigenvalue weighted by Gasteiger charge is 2.27. The fourth-order valence-electron chi connectivity index (χ4n) is 1.67. The lowest BCUT2D eigenvalue weighted by molar-refractivity contribution is -0.118. The molecule has 1 fully saturated rings. The Kier molecular flexibility index (Phi) is 4.35. The molecule has 5 N–H and O–H groups in total. The van der Waals surface area contributed by atoms with Gasteiger partial charge in [-0.15, -0.1) is 0 Å². The van der Waals surface area contributed by atoms with Gasteiger partial charge in [0, 0.05) is 19.0 Å². The first-order chi connectivity index (χ1) is 6.63. The van der Waals surface area contributed by atoms with Crippen LogP contribution in [0.15, 0.2) is 0 Å². The molecule has 4 heteroatoms. The number of nitrogens with one attached hydrogen (secondary N) is 1. The Labute approximate surface area is 85.4 Å². The number of hydrogen-bond donors (Lipinski definition) is 3. The lowest BCUT2D eigenvalue weighted by Gasteiger charge is -2.18. The average molecular weight is 199 g/mol. The molecule has 1 saturated carbocycles. The highest BCUT2D eigenvalue weighted by molar-refractivity contribution is 5.74. The molecule has 0 spiro atoms. The van der Waals surface area contributed by atoms with Crippen molar-refractivity contribution < 1.29 is 4.79 Å². The van der Waals surface area contributed by atoms with E-state index in [9.17, 15) is 4.79 Å². The van der Waals surface area contributed by atoms with E-state index in [-0.39, 0.29) is 11.9 Å². The minimum Gasteiger partial charge on any atom is -0.370 e. The van der Waals surface area contributed by atoms with Crippen LogP contribution in [0.25, 0.3) is 0 Å². The van der Waals surface area contributed by atoms with Crippen LogP contribution < -0.4 is 16.8 Å². The Hall–Kier alpha value is -0.610. The number of carbonyl (C=O) groups excluding carboxylic acids is 1. The normalized spacial score (nSPS) is 20.4. The van der Waals surface area contributed by atoms with Gasteiger partial charge >= 0.3 is 0 Å². The third-order valence-electron chi connectivity index (χ3n) is 2.89. The van der Waals surface area contributed by atoms with Gasteiger partial charge in [0.2, 0.25) is 5.91 Å². The van der Waals surface area contributed by atoms with Crippen molar-refractivity contribution in [1.82, 2.24) is 5.32 Å². The van der Waals surface area contributed by atoms with Gasteiger partial charge in [-0.05, 0) is 31.2 Å². The van der Waals surface area contributed by atoms with E-state index in [2.05, 4.69) is 12.2 Å². The summed E-state index contributed by atoms with van der Waals surface area (Å²) < 4.78 is 0. The van der Waals surface area contributed by atoms with E-state index in [0.717, 1.165) is 12.5 Å². The van der Waals surface area contributed by atoms with Crippen LogP contribution in [0, 0.1) is 11.8 Å². The van der Waals surface area contributed by atoms with Crippen molar-refractivity contribution in [3.63, 3.8) is 0 Å². The molecule has 1 rings (SSSR count). The summed E-state index contributed by atoms with van der Waals surface area (Å²) in [6.45, 7) is 3.66. The molecule has 82 valence electrons. The summed E-state index contributed by atoms with van der Waals surface area (Å²) in [7, 11) is 0. The van der Waals surface area contributed by atoms with Crippen LogP contribution in [-0.2, 0) is 4.79 Å². The van der Waals surface area contributed by atoms with E-state index >= 15 is 0 Å². The summed E-state index contributed by atoms with van der Waals surface area (Å²) in [4.78, 5) is 10.7. The molecule has 0 aromatic heterocycles. The second kappa shape index (κ2) is 5.32. The molecule has 1 amide bonds. The third-order valence-corrected chi connectivity index (χ3v) is 2.89. The fraction of sp³-hybridized carbons (Fsp3) is 0.900. The first kappa shape index (κ1) is 11.5. The summed E-state index contributed by atoms with van der Waals surface area (Å²) in [5, 5.41) is 3.30. The minimum absolute atomic E-state index is 0.0497. The van der Waals surface area contributed by atoms with E-state index < -0.39 is 0 Å². The molecule has 4 nitrogen and oxygen atoms in total. The van der Waals surface area contributed by atoms with Crippen LogP contribution >= 0.6 is 0 Å². The Morgan fingerprint density at radius 2 is 2.21 bits per heavy atom. The van der Waals surface area contributed by atoms with E-state index in [1.165, 1.54) is 12.8 Å². The molecule has 0 aromatic carbocycles. The largest absolute Gasteiger partial charge is 0.370 e. The number of amides is 1. The van der Waals surface area contributed by atoms with Crippen LogP contribution in [0.3, 0.4) is 0 Å². The smallest absolute Gasteiger partial charge is 0.219 e. The Morgan fingerprint density at radius 1 is 1.57 bits per heavy atom. The molecule has 0 heterocycles. The third kappa shape index (κ3) is 4.07. The maximum absolute atomic E-state index is 10.7. The Morgan fingerprint density at radius 3 is 2.64 bits per heavy atom. The topological polar surface area (TPSA) is 81.1 Å². The van der Waals surface area contributed by atoms with Gasteiger partial charge in [-0.3, -0.25) is 4.79 Å². The molecule has 0 aliphatic heterocycles. The highest BCUT2D eigenvalue weighted by atomic mass is 16.1.